The minimum absolute atomic E-state index is 0.00841. The summed E-state index contributed by atoms with van der Waals surface area (Å²) in [5.41, 5.74) is 1.17. The van der Waals surface area contributed by atoms with Crippen molar-refractivity contribution in [2.24, 2.45) is 28.2 Å². The van der Waals surface area contributed by atoms with Gasteiger partial charge in [-0.25, -0.2) is 0 Å². The van der Waals surface area contributed by atoms with Crippen molar-refractivity contribution in [1.82, 2.24) is 4.90 Å². The van der Waals surface area contributed by atoms with Gasteiger partial charge in [-0.05, 0) is 50.6 Å². The molecule has 0 bridgehead atoms. The van der Waals surface area contributed by atoms with E-state index >= 15 is 0 Å². The first-order valence-electron chi connectivity index (χ1n) is 11.7. The highest BCUT2D eigenvalue weighted by Gasteiger charge is 2.70. The van der Waals surface area contributed by atoms with Crippen molar-refractivity contribution in [3.05, 3.63) is 45.1 Å². The first-order chi connectivity index (χ1) is 16.8. The Kier molecular flexibility index (Phi) is 6.12. The second kappa shape index (κ2) is 8.59. The molecular weight excluding hydrogens is 470 g/mol. The molecule has 2 unspecified atom stereocenters. The molecule has 11 nitrogen and oxygen atoms in total. The second-order valence-electron chi connectivity index (χ2n) is 10.6. The van der Waals surface area contributed by atoms with Gasteiger partial charge in [-0.3, -0.25) is 19.2 Å². The van der Waals surface area contributed by atoms with Crippen LogP contribution in [0.1, 0.15) is 52.5 Å². The number of Topliss-reactive ketones (excluding diaryl/α,β-unsaturated/α-hetero) is 3. The Morgan fingerprint density at radius 1 is 1.22 bits per heavy atom. The number of amides is 1. The van der Waals surface area contributed by atoms with Gasteiger partial charge in [-0.1, -0.05) is 12.1 Å². The van der Waals surface area contributed by atoms with Gasteiger partial charge < -0.3 is 26.0 Å². The Morgan fingerprint density at radius 2 is 1.89 bits per heavy atom. The number of aliphatic hydroxyl groups is 2. The summed E-state index contributed by atoms with van der Waals surface area (Å²) < 4.78 is 0. The molecule has 3 aliphatic carbocycles. The van der Waals surface area contributed by atoms with Crippen molar-refractivity contribution >= 4 is 23.3 Å². The lowest BCUT2D eigenvalue weighted by Crippen LogP contribution is -2.67. The van der Waals surface area contributed by atoms with E-state index in [4.69, 9.17) is 5.73 Å². The summed E-state index contributed by atoms with van der Waals surface area (Å²) in [4.78, 5) is 65.5. The Balaban J connectivity index is 1.86. The molecular formula is C25H29N3O8. The Morgan fingerprint density at radius 3 is 2.47 bits per heavy atom. The molecule has 1 aromatic rings. The number of aliphatic hydroxyl groups excluding tert-OH is 2. The van der Waals surface area contributed by atoms with Gasteiger partial charge in [-0.2, -0.15) is 0 Å². The molecule has 0 aliphatic heterocycles. The van der Waals surface area contributed by atoms with Crippen LogP contribution in [-0.2, 0) is 16.0 Å². The lowest BCUT2D eigenvalue weighted by Gasteiger charge is -2.57. The molecule has 0 spiro atoms. The average molecular weight is 500 g/mol. The molecule has 0 heterocycles. The molecule has 0 aromatic heterocycles. The van der Waals surface area contributed by atoms with E-state index in [9.17, 15) is 39.4 Å². The number of benzene rings is 1. The predicted molar refractivity (Wildman–Crippen MR) is 126 cm³/mol. The third-order valence-electron chi connectivity index (χ3n) is 8.12. The number of nitroso groups, excluding NO2 is 1. The Hall–Kier alpha value is -3.44. The van der Waals surface area contributed by atoms with Crippen molar-refractivity contribution < 1.29 is 34.5 Å². The van der Waals surface area contributed by atoms with Crippen molar-refractivity contribution in [1.29, 1.82) is 0 Å². The Bertz CT molecular complexity index is 1240. The number of carbonyl (C=O) groups excluding carboxylic acids is 4. The number of hydrogen-bond acceptors (Lipinski definition) is 10. The van der Waals surface area contributed by atoms with E-state index in [1.54, 1.807) is 0 Å². The first kappa shape index (κ1) is 25.6. The monoisotopic (exact) mass is 499 g/mol. The molecule has 5 N–H and O–H groups in total. The van der Waals surface area contributed by atoms with E-state index in [0.29, 0.717) is 17.7 Å². The molecule has 3 aliphatic rings. The predicted octanol–water partition coefficient (Wildman–Crippen LogP) is 1.04. The smallest absolute Gasteiger partial charge is 0.255 e. The third-order valence-corrected chi connectivity index (χ3v) is 8.12. The van der Waals surface area contributed by atoms with Gasteiger partial charge in [0.05, 0.1) is 11.5 Å². The standard InChI is InChI=1S/C25H29N3O8/c1-24-9-11-8-13-12(14(29)6-7-28(2)3)4-5-15(30)18(13)20(32)17(11)21(33)25(24,27-36)22(34)19(23(26)35)16(31)10-24/h4-5,11,17,21,30,33-34H,6-10H2,1-3H3,(H2,26,35)/t11-,17?,21?,24-,25-/m0/s1. The van der Waals surface area contributed by atoms with Gasteiger partial charge in [0.15, 0.2) is 22.9 Å². The van der Waals surface area contributed by atoms with Gasteiger partial charge >= 0.3 is 0 Å². The fourth-order valence-corrected chi connectivity index (χ4v) is 6.42. The number of carbonyl (C=O) groups is 4. The van der Waals surface area contributed by atoms with Crippen molar-refractivity contribution in [2.75, 3.05) is 20.6 Å². The average Bonchev–Trinajstić information content (AvgIpc) is 2.76. The number of rotatable bonds is 6. The number of hydrogen-bond donors (Lipinski definition) is 4. The third kappa shape index (κ3) is 3.40. The van der Waals surface area contributed by atoms with Crippen LogP contribution in [0.3, 0.4) is 0 Å². The van der Waals surface area contributed by atoms with E-state index in [2.05, 4.69) is 5.18 Å². The molecule has 192 valence electrons. The maximum absolute atomic E-state index is 13.7. The topological polar surface area (TPSA) is 188 Å². The van der Waals surface area contributed by atoms with Crippen molar-refractivity contribution in [2.45, 2.75) is 44.2 Å². The molecule has 1 amide bonds. The van der Waals surface area contributed by atoms with E-state index in [0.717, 1.165) is 0 Å². The molecule has 1 fully saturated rings. The molecule has 1 aromatic carbocycles. The first-order valence-corrected chi connectivity index (χ1v) is 11.7. The van der Waals surface area contributed by atoms with Crippen LogP contribution in [0, 0.1) is 22.2 Å². The quantitative estimate of drug-likeness (QED) is 0.252. The van der Waals surface area contributed by atoms with Crippen LogP contribution in [0.2, 0.25) is 0 Å². The zero-order valence-corrected chi connectivity index (χ0v) is 20.3. The van der Waals surface area contributed by atoms with Crippen LogP contribution in [0.25, 0.3) is 0 Å². The van der Waals surface area contributed by atoms with Crippen LogP contribution in [-0.4, -0.2) is 75.8 Å². The number of nitrogens with two attached hydrogens (primary N) is 1. The minimum Gasteiger partial charge on any atom is -0.508 e. The van der Waals surface area contributed by atoms with Crippen molar-refractivity contribution in [3.63, 3.8) is 0 Å². The minimum atomic E-state index is -2.37. The maximum Gasteiger partial charge on any atom is 0.255 e. The Labute approximate surface area is 206 Å². The molecule has 4 rings (SSSR count). The van der Waals surface area contributed by atoms with Gasteiger partial charge in [0, 0.05) is 30.4 Å². The van der Waals surface area contributed by atoms with Crippen LogP contribution in [0.15, 0.2) is 28.6 Å². The zero-order valence-electron chi connectivity index (χ0n) is 20.3. The molecule has 1 saturated carbocycles. The molecule has 0 saturated heterocycles. The maximum atomic E-state index is 13.7. The van der Waals surface area contributed by atoms with E-state index in [1.807, 2.05) is 19.0 Å². The van der Waals surface area contributed by atoms with E-state index in [-0.39, 0.29) is 36.4 Å². The van der Waals surface area contributed by atoms with Gasteiger partial charge in [0.2, 0.25) is 0 Å². The fourth-order valence-electron chi connectivity index (χ4n) is 6.42. The van der Waals surface area contributed by atoms with Crippen molar-refractivity contribution in [3.8, 4) is 5.75 Å². The van der Waals surface area contributed by atoms with Crippen LogP contribution in [0.5, 0.6) is 5.75 Å². The summed E-state index contributed by atoms with van der Waals surface area (Å²) in [5.74, 6) is -6.29. The number of nitrogens with zero attached hydrogens (tertiary/aromatic N) is 2. The number of aromatic hydroxyl groups is 1. The number of phenols is 1. The summed E-state index contributed by atoms with van der Waals surface area (Å²) in [6, 6.07) is 2.71. The number of phenolic OH excluding ortho intramolecular Hbond substituents is 1. The fraction of sp³-hybridized carbons (Fsp3) is 0.520. The highest BCUT2D eigenvalue weighted by molar-refractivity contribution is 6.20. The van der Waals surface area contributed by atoms with E-state index in [1.165, 1.54) is 19.1 Å². The lowest BCUT2D eigenvalue weighted by atomic mass is 9.47. The highest BCUT2D eigenvalue weighted by Crippen LogP contribution is 2.60. The molecule has 36 heavy (non-hydrogen) atoms. The van der Waals surface area contributed by atoms with Gasteiger partial charge in [0.1, 0.15) is 23.2 Å². The van der Waals surface area contributed by atoms with Gasteiger partial charge in [0.25, 0.3) is 5.91 Å². The normalized spacial score (nSPS) is 31.5. The van der Waals surface area contributed by atoms with Crippen LogP contribution >= 0.6 is 0 Å². The summed E-state index contributed by atoms with van der Waals surface area (Å²) in [5, 5.41) is 36.0. The summed E-state index contributed by atoms with van der Waals surface area (Å²) in [6.07, 6.45) is -2.00. The zero-order chi connectivity index (χ0) is 26.7. The largest absolute Gasteiger partial charge is 0.508 e. The molecule has 0 radical (unpaired) electrons. The molecule has 5 atom stereocenters. The second-order valence-corrected chi connectivity index (χ2v) is 10.6. The lowest BCUT2D eigenvalue weighted by molar-refractivity contribution is -0.135. The SMILES string of the molecule is CN(C)CCC(=O)c1ccc(O)c2c1C[C@H]1C[C@@]3(C)CC(=O)C(C(N)=O)=C(O)[C@@]3(N=O)C(O)C1C2=O. The number of ketones is 3. The summed E-state index contributed by atoms with van der Waals surface area (Å²) in [7, 11) is 3.65. The van der Waals surface area contributed by atoms with Crippen LogP contribution in [0.4, 0.5) is 0 Å². The summed E-state index contributed by atoms with van der Waals surface area (Å²) in [6.45, 7) is 1.97. The molecule has 11 heteroatoms. The van der Waals surface area contributed by atoms with Gasteiger partial charge in [-0.15, -0.1) is 4.91 Å². The van der Waals surface area contributed by atoms with E-state index < -0.39 is 64.1 Å². The highest BCUT2D eigenvalue weighted by atomic mass is 16.3. The number of fused-ring (bicyclic) bond motifs is 3. The number of primary amides is 1. The van der Waals surface area contributed by atoms with Crippen LogP contribution < -0.4 is 5.73 Å². The summed E-state index contributed by atoms with van der Waals surface area (Å²) >= 11 is 0.